The van der Waals surface area contributed by atoms with Crippen LogP contribution in [0.25, 0.3) is 11.1 Å². The number of aromatic nitrogens is 5. The molecule has 1 atom stereocenters. The molecule has 10 nitrogen and oxygen atoms in total. The number of nitrogens with zero attached hydrogens (tertiary/aromatic N) is 5. The molecule has 14 heteroatoms. The van der Waals surface area contributed by atoms with Gasteiger partial charge in [-0.15, -0.1) is 5.10 Å². The molecule has 1 aliphatic carbocycles. The summed E-state index contributed by atoms with van der Waals surface area (Å²) in [5.41, 5.74) is -0.188. The Kier molecular flexibility index (Phi) is 7.51. The van der Waals surface area contributed by atoms with Gasteiger partial charge in [0.15, 0.2) is 11.6 Å². The zero-order valence-corrected chi connectivity index (χ0v) is 22.1. The molecular weight excluding hydrogens is 548 g/mol. The normalized spacial score (nSPS) is 15.0. The number of anilines is 1. The molecule has 0 spiro atoms. The highest BCUT2D eigenvalue weighted by atomic mass is 19.4. The summed E-state index contributed by atoms with van der Waals surface area (Å²) in [7, 11) is 1.50. The zero-order valence-electron chi connectivity index (χ0n) is 22.1. The molecule has 41 heavy (non-hydrogen) atoms. The summed E-state index contributed by atoms with van der Waals surface area (Å²) in [4.78, 5) is 21.1. The molecule has 216 valence electrons. The van der Waals surface area contributed by atoms with Crippen LogP contribution in [0.4, 0.5) is 23.4 Å². The number of aliphatic hydroxyl groups excluding tert-OH is 1. The van der Waals surface area contributed by atoms with E-state index in [2.05, 4.69) is 25.5 Å². The number of hydrogen-bond donors (Lipinski definition) is 2. The van der Waals surface area contributed by atoms with Gasteiger partial charge in [0.2, 0.25) is 11.8 Å². The zero-order chi connectivity index (χ0) is 29.4. The van der Waals surface area contributed by atoms with Crippen LogP contribution >= 0.6 is 0 Å². The SMILES string of the molecule is COc1nn(C[C@H](C)O)cc1Cc1ncc(-c2ccc(CC(=O)Nc3cc(C4(C(F)(F)F)CC4)on3)c(F)c2)cn1. The molecule has 5 rings (SSSR count). The van der Waals surface area contributed by atoms with E-state index in [1.54, 1.807) is 36.3 Å². The fourth-order valence-electron chi connectivity index (χ4n) is 4.45. The smallest absolute Gasteiger partial charge is 0.401 e. The van der Waals surface area contributed by atoms with E-state index in [0.717, 1.165) is 11.6 Å². The molecule has 1 aliphatic rings. The van der Waals surface area contributed by atoms with Gasteiger partial charge < -0.3 is 19.7 Å². The highest BCUT2D eigenvalue weighted by molar-refractivity contribution is 5.91. The van der Waals surface area contributed by atoms with Gasteiger partial charge in [0.05, 0.1) is 26.2 Å². The third kappa shape index (κ3) is 6.06. The fourth-order valence-corrected chi connectivity index (χ4v) is 4.45. The van der Waals surface area contributed by atoms with E-state index in [-0.39, 0.29) is 36.4 Å². The number of hydrogen-bond acceptors (Lipinski definition) is 8. The van der Waals surface area contributed by atoms with Crippen molar-refractivity contribution in [2.75, 3.05) is 12.4 Å². The maximum Gasteiger partial charge on any atom is 0.401 e. The summed E-state index contributed by atoms with van der Waals surface area (Å²) < 4.78 is 66.4. The van der Waals surface area contributed by atoms with Gasteiger partial charge in [-0.2, -0.15) is 13.2 Å². The van der Waals surface area contributed by atoms with Crippen LogP contribution in [0.5, 0.6) is 5.88 Å². The van der Waals surface area contributed by atoms with Crippen molar-refractivity contribution in [3.63, 3.8) is 0 Å². The van der Waals surface area contributed by atoms with Gasteiger partial charge in [-0.25, -0.2) is 14.4 Å². The maximum absolute atomic E-state index is 14.9. The predicted octanol–water partition coefficient (Wildman–Crippen LogP) is 4.22. The first kappa shape index (κ1) is 28.2. The largest absolute Gasteiger partial charge is 0.480 e. The van der Waals surface area contributed by atoms with E-state index in [4.69, 9.17) is 9.26 Å². The number of nitrogens with one attached hydrogen (secondary N) is 1. The van der Waals surface area contributed by atoms with E-state index >= 15 is 0 Å². The number of carbonyl (C=O) groups is 1. The monoisotopic (exact) mass is 574 g/mol. The molecule has 0 aliphatic heterocycles. The van der Waals surface area contributed by atoms with Gasteiger partial charge in [0, 0.05) is 42.2 Å². The Bertz CT molecular complexity index is 1540. The van der Waals surface area contributed by atoms with Crippen LogP contribution in [0.1, 0.15) is 42.5 Å². The van der Waals surface area contributed by atoms with E-state index in [9.17, 15) is 27.5 Å². The van der Waals surface area contributed by atoms with Crippen LogP contribution in [0.2, 0.25) is 0 Å². The van der Waals surface area contributed by atoms with Crippen LogP contribution in [0.3, 0.4) is 0 Å². The second-order valence-electron chi connectivity index (χ2n) is 9.99. The minimum Gasteiger partial charge on any atom is -0.480 e. The number of alkyl halides is 3. The predicted molar refractivity (Wildman–Crippen MR) is 136 cm³/mol. The van der Waals surface area contributed by atoms with E-state index < -0.39 is 29.4 Å². The molecule has 1 aromatic carbocycles. The van der Waals surface area contributed by atoms with Crippen LogP contribution < -0.4 is 10.1 Å². The first-order valence-electron chi connectivity index (χ1n) is 12.7. The van der Waals surface area contributed by atoms with Gasteiger partial charge in [0.25, 0.3) is 0 Å². The number of halogens is 4. The van der Waals surface area contributed by atoms with Gasteiger partial charge in [-0.05, 0) is 37.0 Å². The number of methoxy groups -OCH3 is 1. The molecule has 3 heterocycles. The Labute approximate surface area is 231 Å². The van der Waals surface area contributed by atoms with Crippen LogP contribution in [0.15, 0.2) is 47.4 Å². The number of aliphatic hydroxyl groups is 1. The Balaban J connectivity index is 1.21. The molecule has 1 fully saturated rings. The van der Waals surface area contributed by atoms with Gasteiger partial charge >= 0.3 is 6.18 Å². The average molecular weight is 575 g/mol. The molecule has 0 saturated heterocycles. The Hall–Kier alpha value is -4.33. The van der Waals surface area contributed by atoms with E-state index in [1.807, 2.05) is 0 Å². The first-order valence-corrected chi connectivity index (χ1v) is 12.7. The van der Waals surface area contributed by atoms with Crippen molar-refractivity contribution in [2.24, 2.45) is 0 Å². The first-order chi connectivity index (χ1) is 19.5. The summed E-state index contributed by atoms with van der Waals surface area (Å²) in [6.45, 7) is 1.96. The Morgan fingerprint density at radius 1 is 1.20 bits per heavy atom. The third-order valence-corrected chi connectivity index (χ3v) is 6.78. The summed E-state index contributed by atoms with van der Waals surface area (Å²) in [6, 6.07) is 5.36. The lowest BCUT2D eigenvalue weighted by atomic mass is 10.0. The number of rotatable bonds is 10. The molecular formula is C27H26F4N6O4. The molecule has 0 unspecified atom stereocenters. The Morgan fingerprint density at radius 2 is 1.93 bits per heavy atom. The van der Waals surface area contributed by atoms with E-state index in [1.165, 1.54) is 19.2 Å². The second-order valence-corrected chi connectivity index (χ2v) is 9.99. The lowest BCUT2D eigenvalue weighted by Gasteiger charge is -2.14. The van der Waals surface area contributed by atoms with Crippen LogP contribution in [-0.2, 0) is 29.6 Å². The van der Waals surface area contributed by atoms with Gasteiger partial charge in [0.1, 0.15) is 17.1 Å². The number of ether oxygens (including phenoxy) is 1. The van der Waals surface area contributed by atoms with Crippen molar-refractivity contribution in [2.45, 2.75) is 56.8 Å². The lowest BCUT2D eigenvalue weighted by molar-refractivity contribution is -0.165. The standard InChI is InChI=1S/C27H26F4N6O4/c1-15(38)13-37-14-18(25(35-37)40-2)8-22-32-11-19(12-33-22)16-3-4-17(20(28)7-16)9-24(39)34-23-10-21(41-36-23)26(5-6-26)27(29,30)31/h3-4,7,10-12,14-15,38H,5-6,8-9,13H2,1-2H3,(H,34,36,39)/t15-/m0/s1. The van der Waals surface area contributed by atoms with Gasteiger partial charge in [-0.3, -0.25) is 9.48 Å². The highest BCUT2D eigenvalue weighted by Crippen LogP contribution is 2.59. The number of carbonyl (C=O) groups excluding carboxylic acids is 1. The van der Waals surface area contributed by atoms with Crippen molar-refractivity contribution in [3.8, 4) is 17.0 Å². The average Bonchev–Trinajstić information content (AvgIpc) is 3.48. The van der Waals surface area contributed by atoms with Gasteiger partial charge in [-0.1, -0.05) is 17.3 Å². The van der Waals surface area contributed by atoms with E-state index in [0.29, 0.717) is 35.8 Å². The summed E-state index contributed by atoms with van der Waals surface area (Å²) in [5.74, 6) is -0.939. The third-order valence-electron chi connectivity index (χ3n) is 6.78. The molecule has 0 radical (unpaired) electrons. The molecule has 0 bridgehead atoms. The quantitative estimate of drug-likeness (QED) is 0.270. The molecule has 1 saturated carbocycles. The van der Waals surface area contributed by atoms with Crippen LogP contribution in [-0.4, -0.2) is 55.3 Å². The summed E-state index contributed by atoms with van der Waals surface area (Å²) in [5, 5.41) is 19.7. The van der Waals surface area contributed by atoms with Crippen molar-refractivity contribution in [3.05, 3.63) is 71.4 Å². The number of benzene rings is 1. The minimum atomic E-state index is -4.47. The molecule has 2 N–H and O–H groups in total. The summed E-state index contributed by atoms with van der Waals surface area (Å²) >= 11 is 0. The molecule has 4 aromatic rings. The van der Waals surface area contributed by atoms with Crippen molar-refractivity contribution < 1.29 is 36.7 Å². The maximum atomic E-state index is 14.9. The Morgan fingerprint density at radius 3 is 2.54 bits per heavy atom. The summed E-state index contributed by atoms with van der Waals surface area (Å²) in [6.07, 6.45) is -0.438. The number of amides is 1. The minimum absolute atomic E-state index is 0.0859. The van der Waals surface area contributed by atoms with Crippen molar-refractivity contribution in [1.29, 1.82) is 0 Å². The van der Waals surface area contributed by atoms with Crippen molar-refractivity contribution in [1.82, 2.24) is 24.9 Å². The second kappa shape index (κ2) is 10.9. The lowest BCUT2D eigenvalue weighted by Crippen LogP contribution is -2.28. The molecule has 1 amide bonds. The topological polar surface area (TPSA) is 128 Å². The fraction of sp³-hybridized carbons (Fsp3) is 0.370. The highest BCUT2D eigenvalue weighted by Gasteiger charge is 2.66. The van der Waals surface area contributed by atoms with Crippen LogP contribution in [0, 0.1) is 5.82 Å². The van der Waals surface area contributed by atoms with Crippen molar-refractivity contribution >= 4 is 11.7 Å². The molecule has 3 aromatic heterocycles.